The van der Waals surface area contributed by atoms with Crippen LogP contribution in [0.3, 0.4) is 0 Å². The van der Waals surface area contributed by atoms with Gasteiger partial charge in [0.05, 0.1) is 16.6 Å². The van der Waals surface area contributed by atoms with Crippen LogP contribution in [-0.2, 0) is 9.13 Å². The summed E-state index contributed by atoms with van der Waals surface area (Å²) < 4.78 is 33.5. The summed E-state index contributed by atoms with van der Waals surface area (Å²) in [4.78, 5) is 5.46. The van der Waals surface area contributed by atoms with Crippen molar-refractivity contribution in [2.75, 3.05) is 0 Å². The SMILES string of the molecule is O=P(c1ccccc1)(c1ccccc1)c1ccc2cc(-c3ccc4nc5c6c7ccccc7ccc6c6ccc(-c7ccc(P(=O)(c8ccccc8)c8ccccc8)c8ccccc78)cc6n5c4c3)ccc2c1. The second kappa shape index (κ2) is 17.0. The summed E-state index contributed by atoms with van der Waals surface area (Å²) in [7, 11) is -6.41. The zero-order chi connectivity index (χ0) is 48.7. The highest BCUT2D eigenvalue weighted by Crippen LogP contribution is 2.47. The molecule has 4 nitrogen and oxygen atoms in total. The number of aromatic nitrogens is 2. The highest BCUT2D eigenvalue weighted by molar-refractivity contribution is 7.86. The van der Waals surface area contributed by atoms with E-state index in [-0.39, 0.29) is 0 Å². The highest BCUT2D eigenvalue weighted by Gasteiger charge is 2.32. The minimum absolute atomic E-state index is 0.810. The van der Waals surface area contributed by atoms with E-state index in [2.05, 4.69) is 144 Å². The molecule has 0 aliphatic rings. The number of pyridine rings is 1. The number of fused-ring (bicyclic) bond motifs is 12. The van der Waals surface area contributed by atoms with Gasteiger partial charge in [-0.15, -0.1) is 0 Å². The third-order valence-electron chi connectivity index (χ3n) is 14.9. The van der Waals surface area contributed by atoms with Gasteiger partial charge in [-0.1, -0.05) is 231 Å². The molecule has 14 rings (SSSR count). The van der Waals surface area contributed by atoms with E-state index in [0.717, 1.165) is 119 Å². The third kappa shape index (κ3) is 6.79. The van der Waals surface area contributed by atoms with Crippen molar-refractivity contribution in [2.24, 2.45) is 0 Å². The van der Waals surface area contributed by atoms with Gasteiger partial charge >= 0.3 is 0 Å². The van der Waals surface area contributed by atoms with Crippen LogP contribution >= 0.6 is 14.3 Å². The van der Waals surface area contributed by atoms with Crippen molar-refractivity contribution in [3.05, 3.63) is 267 Å². The van der Waals surface area contributed by atoms with Crippen LogP contribution in [0.5, 0.6) is 0 Å². The van der Waals surface area contributed by atoms with Gasteiger partial charge in [0.15, 0.2) is 14.3 Å². The molecule has 0 fully saturated rings. The molecule has 0 amide bonds. The van der Waals surface area contributed by atoms with Crippen molar-refractivity contribution >= 4 is 117 Å². The van der Waals surface area contributed by atoms with E-state index in [1.54, 1.807) is 0 Å². The normalized spacial score (nSPS) is 12.2. The Hall–Kier alpha value is -8.65. The van der Waals surface area contributed by atoms with Gasteiger partial charge in [0.25, 0.3) is 0 Å². The smallest absolute Gasteiger partial charge is 0.171 e. The molecule has 344 valence electrons. The van der Waals surface area contributed by atoms with E-state index in [4.69, 9.17) is 4.98 Å². The second-order valence-electron chi connectivity index (χ2n) is 18.9. The summed E-state index contributed by atoms with van der Waals surface area (Å²) in [6, 6.07) is 91.5. The van der Waals surface area contributed by atoms with Gasteiger partial charge in [-0.2, -0.15) is 0 Å². The number of hydrogen-bond acceptors (Lipinski definition) is 3. The highest BCUT2D eigenvalue weighted by atomic mass is 31.2. The maximum absolute atomic E-state index is 15.8. The number of nitrogens with zero attached hydrogens (tertiary/aromatic N) is 2. The zero-order valence-electron chi connectivity index (χ0n) is 39.5. The Bertz CT molecular complexity index is 4530. The quantitative estimate of drug-likeness (QED) is 0.113. The first-order chi connectivity index (χ1) is 35.9. The van der Waals surface area contributed by atoms with Gasteiger partial charge in [0, 0.05) is 42.6 Å². The first-order valence-corrected chi connectivity index (χ1v) is 28.1. The molecule has 2 aromatic heterocycles. The first kappa shape index (κ1) is 43.2. The van der Waals surface area contributed by atoms with Crippen LogP contribution in [0.4, 0.5) is 0 Å². The molecule has 0 unspecified atom stereocenters. The summed E-state index contributed by atoms with van der Waals surface area (Å²) in [5.41, 5.74) is 8.15. The number of imidazole rings is 1. The van der Waals surface area contributed by atoms with Crippen LogP contribution in [0, 0.1) is 0 Å². The van der Waals surface area contributed by atoms with E-state index in [9.17, 15) is 0 Å². The molecular formula is C67H44N2O2P2. The maximum atomic E-state index is 15.8. The Kier molecular flexibility index (Phi) is 10.1. The fourth-order valence-electron chi connectivity index (χ4n) is 11.4. The molecule has 14 aromatic rings. The third-order valence-corrected chi connectivity index (χ3v) is 21.1. The fourth-order valence-corrected chi connectivity index (χ4v) is 16.9. The monoisotopic (exact) mass is 970 g/mol. The zero-order valence-corrected chi connectivity index (χ0v) is 41.3. The van der Waals surface area contributed by atoms with Gasteiger partial charge in [-0.25, -0.2) is 4.98 Å². The lowest BCUT2D eigenvalue weighted by atomic mass is 9.95. The number of rotatable bonds is 8. The molecule has 6 heteroatoms. The van der Waals surface area contributed by atoms with Crippen molar-refractivity contribution in [3.8, 4) is 22.3 Å². The fraction of sp³-hybridized carbons (Fsp3) is 0. The average Bonchev–Trinajstić information content (AvgIpc) is 3.86. The summed E-state index contributed by atoms with van der Waals surface area (Å²) >= 11 is 0. The minimum Gasteiger partial charge on any atom is -0.309 e. The van der Waals surface area contributed by atoms with Crippen molar-refractivity contribution in [3.63, 3.8) is 0 Å². The van der Waals surface area contributed by atoms with Crippen molar-refractivity contribution < 1.29 is 9.13 Å². The molecule has 0 aliphatic heterocycles. The molecular weight excluding hydrogens is 927 g/mol. The molecule has 0 aliphatic carbocycles. The summed E-state index contributed by atoms with van der Waals surface area (Å²) in [6.45, 7) is 0. The van der Waals surface area contributed by atoms with Crippen molar-refractivity contribution in [2.45, 2.75) is 0 Å². The summed E-state index contributed by atoms with van der Waals surface area (Å²) in [6.07, 6.45) is 0. The van der Waals surface area contributed by atoms with Crippen molar-refractivity contribution in [1.82, 2.24) is 9.38 Å². The number of hydrogen-bond donors (Lipinski definition) is 0. The van der Waals surface area contributed by atoms with Gasteiger partial charge in [0.2, 0.25) is 0 Å². The van der Waals surface area contributed by atoms with E-state index in [1.165, 1.54) is 5.39 Å². The van der Waals surface area contributed by atoms with Crippen LogP contribution < -0.4 is 31.8 Å². The predicted molar refractivity (Wildman–Crippen MR) is 310 cm³/mol. The molecule has 0 N–H and O–H groups in total. The largest absolute Gasteiger partial charge is 0.309 e. The maximum Gasteiger partial charge on any atom is 0.171 e. The topological polar surface area (TPSA) is 51.4 Å². The summed E-state index contributed by atoms with van der Waals surface area (Å²) in [5, 5.41) is 14.7. The predicted octanol–water partition coefficient (Wildman–Crippen LogP) is 14.9. The van der Waals surface area contributed by atoms with Gasteiger partial charge in [0.1, 0.15) is 5.65 Å². The average molecular weight is 971 g/mol. The lowest BCUT2D eigenvalue weighted by Crippen LogP contribution is -2.25. The second-order valence-corrected chi connectivity index (χ2v) is 24.4. The van der Waals surface area contributed by atoms with E-state index in [1.807, 2.05) is 127 Å². The molecule has 0 radical (unpaired) electrons. The van der Waals surface area contributed by atoms with E-state index in [0.29, 0.717) is 0 Å². The Morgan fingerprint density at radius 1 is 0.315 bits per heavy atom. The van der Waals surface area contributed by atoms with Crippen molar-refractivity contribution in [1.29, 1.82) is 0 Å². The van der Waals surface area contributed by atoms with Gasteiger partial charge in [-0.05, 0) is 96.4 Å². The molecule has 12 aromatic carbocycles. The van der Waals surface area contributed by atoms with Crippen LogP contribution in [0.15, 0.2) is 267 Å². The van der Waals surface area contributed by atoms with Gasteiger partial charge < -0.3 is 9.13 Å². The Balaban J connectivity index is 0.954. The Morgan fingerprint density at radius 3 is 1.51 bits per heavy atom. The molecule has 0 saturated heterocycles. The Labute approximate surface area is 422 Å². The molecule has 0 spiro atoms. The van der Waals surface area contributed by atoms with E-state index >= 15 is 9.13 Å². The van der Waals surface area contributed by atoms with Crippen LogP contribution in [0.25, 0.3) is 92.9 Å². The lowest BCUT2D eigenvalue weighted by molar-refractivity contribution is 0.591. The minimum atomic E-state index is -3.27. The van der Waals surface area contributed by atoms with Crippen LogP contribution in [0.1, 0.15) is 0 Å². The summed E-state index contributed by atoms with van der Waals surface area (Å²) in [5.74, 6) is 0. The number of benzene rings is 12. The molecule has 2 heterocycles. The van der Waals surface area contributed by atoms with E-state index < -0.39 is 14.3 Å². The van der Waals surface area contributed by atoms with Crippen LogP contribution in [0.2, 0.25) is 0 Å². The van der Waals surface area contributed by atoms with Gasteiger partial charge in [-0.3, -0.25) is 4.40 Å². The first-order valence-electron chi connectivity index (χ1n) is 24.6. The molecule has 0 saturated carbocycles. The molecule has 0 atom stereocenters. The standard InChI is InChI=1S/C67H44N2O2P2/c70-72(51-18-5-1-6-19-51,52-20-7-2-8-21-52)55-35-31-47-41-46(29-30-48(47)42-55)49-34-39-62-64(43-49)69-63-44-50(33-36-59(63)61-37-32-45-17-13-14-26-57(45)66(61)67(69)68-62)56-38-40-65(60-28-16-15-27-58(56)60)73(71,53-22-9-3-10-23-53)54-24-11-4-12-25-54/h1-44H. The van der Waals surface area contributed by atoms with Crippen LogP contribution in [-0.4, -0.2) is 9.38 Å². The lowest BCUT2D eigenvalue weighted by Gasteiger charge is -2.23. The molecule has 0 bridgehead atoms. The molecule has 73 heavy (non-hydrogen) atoms. The Morgan fingerprint density at radius 2 is 0.822 bits per heavy atom.